The van der Waals surface area contributed by atoms with E-state index in [2.05, 4.69) is 20.2 Å². The Labute approximate surface area is 144 Å². The Bertz CT molecular complexity index is 898. The van der Waals surface area contributed by atoms with E-state index in [1.807, 2.05) is 30.3 Å². The molecule has 1 fully saturated rings. The van der Waals surface area contributed by atoms with E-state index in [4.69, 9.17) is 4.74 Å². The SMILES string of the molecule is O=c1c2nnn(Cc3ccccc3)c2ncn1CCN1CCOCC1. The molecule has 1 aliphatic rings. The first kappa shape index (κ1) is 15.9. The first-order valence-electron chi connectivity index (χ1n) is 8.44. The molecule has 0 spiro atoms. The molecule has 3 heterocycles. The lowest BCUT2D eigenvalue weighted by molar-refractivity contribution is 0.0362. The minimum Gasteiger partial charge on any atom is -0.379 e. The van der Waals surface area contributed by atoms with Gasteiger partial charge in [0.05, 0.1) is 19.8 Å². The highest BCUT2D eigenvalue weighted by atomic mass is 16.5. The number of benzene rings is 1. The lowest BCUT2D eigenvalue weighted by Crippen LogP contribution is -2.39. The predicted molar refractivity (Wildman–Crippen MR) is 92.4 cm³/mol. The van der Waals surface area contributed by atoms with E-state index in [-0.39, 0.29) is 5.56 Å². The number of rotatable bonds is 5. The summed E-state index contributed by atoms with van der Waals surface area (Å²) in [6.07, 6.45) is 1.59. The van der Waals surface area contributed by atoms with Crippen LogP contribution in [0.25, 0.3) is 11.2 Å². The summed E-state index contributed by atoms with van der Waals surface area (Å²) in [7, 11) is 0. The Balaban J connectivity index is 1.53. The molecule has 3 aromatic rings. The second-order valence-electron chi connectivity index (χ2n) is 6.10. The summed E-state index contributed by atoms with van der Waals surface area (Å²) in [6, 6.07) is 9.93. The standard InChI is InChI=1S/C17H20N6O2/c24-17-15-16(23(20-19-15)12-14-4-2-1-3-5-14)18-13-22(17)7-6-21-8-10-25-11-9-21/h1-5,13H,6-12H2. The fourth-order valence-corrected chi connectivity index (χ4v) is 2.98. The van der Waals surface area contributed by atoms with Gasteiger partial charge in [-0.05, 0) is 5.56 Å². The summed E-state index contributed by atoms with van der Waals surface area (Å²) in [5.74, 6) is 0. The van der Waals surface area contributed by atoms with Gasteiger partial charge in [0.2, 0.25) is 0 Å². The smallest absolute Gasteiger partial charge is 0.283 e. The van der Waals surface area contributed by atoms with Gasteiger partial charge in [-0.25, -0.2) is 9.67 Å². The third-order valence-corrected chi connectivity index (χ3v) is 4.43. The quantitative estimate of drug-likeness (QED) is 0.668. The molecular weight excluding hydrogens is 320 g/mol. The van der Waals surface area contributed by atoms with Gasteiger partial charge in [0.15, 0.2) is 11.2 Å². The Kier molecular flexibility index (Phi) is 4.53. The molecule has 0 aliphatic carbocycles. The molecule has 0 atom stereocenters. The average Bonchev–Trinajstić information content (AvgIpc) is 3.06. The van der Waals surface area contributed by atoms with Crippen LogP contribution in [0, 0.1) is 0 Å². The van der Waals surface area contributed by atoms with Crippen LogP contribution in [0.15, 0.2) is 41.5 Å². The van der Waals surface area contributed by atoms with E-state index in [0.717, 1.165) is 38.4 Å². The zero-order chi connectivity index (χ0) is 17.1. The van der Waals surface area contributed by atoms with Gasteiger partial charge in [0.25, 0.3) is 5.56 Å². The number of nitrogens with zero attached hydrogens (tertiary/aromatic N) is 6. The summed E-state index contributed by atoms with van der Waals surface area (Å²) in [4.78, 5) is 19.3. The van der Waals surface area contributed by atoms with Crippen LogP contribution in [0.5, 0.6) is 0 Å². The van der Waals surface area contributed by atoms with Gasteiger partial charge in [-0.3, -0.25) is 14.3 Å². The molecule has 1 aliphatic heterocycles. The summed E-state index contributed by atoms with van der Waals surface area (Å²) in [5, 5.41) is 8.16. The Morgan fingerprint density at radius 1 is 1.08 bits per heavy atom. The first-order chi connectivity index (χ1) is 12.3. The molecule has 0 radical (unpaired) electrons. The van der Waals surface area contributed by atoms with E-state index < -0.39 is 0 Å². The van der Waals surface area contributed by atoms with Crippen LogP contribution in [0.4, 0.5) is 0 Å². The van der Waals surface area contributed by atoms with E-state index in [9.17, 15) is 4.79 Å². The first-order valence-corrected chi connectivity index (χ1v) is 8.44. The van der Waals surface area contributed by atoms with Crippen molar-refractivity contribution in [3.05, 3.63) is 52.6 Å². The number of hydrogen-bond donors (Lipinski definition) is 0. The molecule has 4 rings (SSSR count). The Hall–Kier alpha value is -2.58. The molecule has 8 heteroatoms. The van der Waals surface area contributed by atoms with E-state index in [0.29, 0.717) is 24.3 Å². The van der Waals surface area contributed by atoms with E-state index >= 15 is 0 Å². The molecule has 0 N–H and O–H groups in total. The summed E-state index contributed by atoms with van der Waals surface area (Å²) >= 11 is 0. The number of aromatic nitrogens is 5. The van der Waals surface area contributed by atoms with Gasteiger partial charge >= 0.3 is 0 Å². The van der Waals surface area contributed by atoms with Crippen molar-refractivity contribution < 1.29 is 4.74 Å². The van der Waals surface area contributed by atoms with Crippen LogP contribution in [-0.2, 0) is 17.8 Å². The van der Waals surface area contributed by atoms with Crippen molar-refractivity contribution in [3.63, 3.8) is 0 Å². The van der Waals surface area contributed by atoms with Crippen molar-refractivity contribution in [2.75, 3.05) is 32.8 Å². The molecule has 25 heavy (non-hydrogen) atoms. The van der Waals surface area contributed by atoms with E-state index in [1.165, 1.54) is 0 Å². The molecule has 2 aromatic heterocycles. The largest absolute Gasteiger partial charge is 0.379 e. The molecule has 1 saturated heterocycles. The van der Waals surface area contributed by atoms with Crippen LogP contribution in [0.3, 0.4) is 0 Å². The van der Waals surface area contributed by atoms with Gasteiger partial charge in [0, 0.05) is 26.2 Å². The molecule has 0 saturated carbocycles. The highest BCUT2D eigenvalue weighted by Crippen LogP contribution is 2.07. The molecule has 0 unspecified atom stereocenters. The van der Waals surface area contributed by atoms with Crippen molar-refractivity contribution in [1.82, 2.24) is 29.4 Å². The van der Waals surface area contributed by atoms with Gasteiger partial charge in [-0.2, -0.15) is 0 Å². The third-order valence-electron chi connectivity index (χ3n) is 4.43. The van der Waals surface area contributed by atoms with Crippen LogP contribution >= 0.6 is 0 Å². The topological polar surface area (TPSA) is 78.1 Å². The number of hydrogen-bond acceptors (Lipinski definition) is 6. The zero-order valence-electron chi connectivity index (χ0n) is 13.9. The van der Waals surface area contributed by atoms with E-state index in [1.54, 1.807) is 15.6 Å². The highest BCUT2D eigenvalue weighted by Gasteiger charge is 2.14. The van der Waals surface area contributed by atoms with Crippen molar-refractivity contribution >= 4 is 11.2 Å². The van der Waals surface area contributed by atoms with Crippen LogP contribution in [0.1, 0.15) is 5.56 Å². The number of ether oxygens (including phenoxy) is 1. The second-order valence-corrected chi connectivity index (χ2v) is 6.10. The molecule has 8 nitrogen and oxygen atoms in total. The Morgan fingerprint density at radius 3 is 2.68 bits per heavy atom. The van der Waals surface area contributed by atoms with Crippen molar-refractivity contribution in [3.8, 4) is 0 Å². The maximum absolute atomic E-state index is 12.6. The van der Waals surface area contributed by atoms with Crippen LogP contribution in [0.2, 0.25) is 0 Å². The fourth-order valence-electron chi connectivity index (χ4n) is 2.98. The minimum absolute atomic E-state index is 0.141. The van der Waals surface area contributed by atoms with Crippen LogP contribution in [-0.4, -0.2) is 62.3 Å². The average molecular weight is 340 g/mol. The fraction of sp³-hybridized carbons (Fsp3) is 0.412. The normalized spacial score (nSPS) is 15.7. The van der Waals surface area contributed by atoms with Gasteiger partial charge in [-0.15, -0.1) is 5.10 Å². The maximum Gasteiger partial charge on any atom is 0.283 e. The molecular formula is C17H20N6O2. The summed E-state index contributed by atoms with van der Waals surface area (Å²) in [6.45, 7) is 5.23. The zero-order valence-corrected chi connectivity index (χ0v) is 13.9. The molecule has 130 valence electrons. The van der Waals surface area contributed by atoms with Gasteiger partial charge < -0.3 is 4.74 Å². The third kappa shape index (κ3) is 3.45. The number of fused-ring (bicyclic) bond motifs is 1. The van der Waals surface area contributed by atoms with Crippen molar-refractivity contribution in [2.45, 2.75) is 13.1 Å². The van der Waals surface area contributed by atoms with Gasteiger partial charge in [-0.1, -0.05) is 35.5 Å². The monoisotopic (exact) mass is 340 g/mol. The van der Waals surface area contributed by atoms with Gasteiger partial charge in [0.1, 0.15) is 6.33 Å². The Morgan fingerprint density at radius 2 is 1.88 bits per heavy atom. The lowest BCUT2D eigenvalue weighted by atomic mass is 10.2. The molecule has 0 bridgehead atoms. The minimum atomic E-state index is -0.141. The summed E-state index contributed by atoms with van der Waals surface area (Å²) in [5.41, 5.74) is 1.79. The second kappa shape index (κ2) is 7.12. The predicted octanol–water partition coefficient (Wildman–Crippen LogP) is 0.368. The van der Waals surface area contributed by atoms with Crippen molar-refractivity contribution in [2.24, 2.45) is 0 Å². The number of morpholine rings is 1. The van der Waals surface area contributed by atoms with Crippen LogP contribution < -0.4 is 5.56 Å². The maximum atomic E-state index is 12.6. The lowest BCUT2D eigenvalue weighted by Gasteiger charge is -2.26. The van der Waals surface area contributed by atoms with Crippen molar-refractivity contribution in [1.29, 1.82) is 0 Å². The highest BCUT2D eigenvalue weighted by molar-refractivity contribution is 5.67. The molecule has 0 amide bonds. The molecule has 1 aromatic carbocycles. The summed E-state index contributed by atoms with van der Waals surface area (Å²) < 4.78 is 8.62.